The van der Waals surface area contributed by atoms with Gasteiger partial charge in [0.2, 0.25) is 0 Å². The molecule has 156 valence electrons. The number of rotatable bonds is 5. The Kier molecular flexibility index (Phi) is 4.35. The number of nitrogens with one attached hydrogen (secondary N) is 3. The first-order chi connectivity index (χ1) is 14.9. The lowest BCUT2D eigenvalue weighted by Crippen LogP contribution is -2.40. The van der Waals surface area contributed by atoms with E-state index in [1.807, 2.05) is 36.4 Å². The highest BCUT2D eigenvalue weighted by atomic mass is 16.2. The van der Waals surface area contributed by atoms with Gasteiger partial charge >= 0.3 is 6.03 Å². The fourth-order valence-corrected chi connectivity index (χ4v) is 3.76. The first-order valence-electron chi connectivity index (χ1n) is 10.1. The second kappa shape index (κ2) is 7.09. The lowest BCUT2D eigenvalue weighted by Gasteiger charge is -2.21. The Morgan fingerprint density at radius 1 is 1.10 bits per heavy atom. The number of hydrogen-bond donors (Lipinski definition) is 3. The van der Waals surface area contributed by atoms with Crippen LogP contribution in [-0.4, -0.2) is 27.6 Å². The summed E-state index contributed by atoms with van der Waals surface area (Å²) in [5.74, 6) is -0.327. The van der Waals surface area contributed by atoms with Crippen LogP contribution in [0.3, 0.4) is 0 Å². The molecule has 2 aliphatic rings. The molecule has 2 fully saturated rings. The van der Waals surface area contributed by atoms with Crippen molar-refractivity contribution in [1.82, 2.24) is 20.4 Å². The summed E-state index contributed by atoms with van der Waals surface area (Å²) >= 11 is 0. The van der Waals surface area contributed by atoms with Crippen LogP contribution < -0.4 is 16.0 Å². The number of nitrogens with zero attached hydrogens (tertiary/aromatic N) is 2. The van der Waals surface area contributed by atoms with Crippen LogP contribution in [0, 0.1) is 0 Å². The van der Waals surface area contributed by atoms with Gasteiger partial charge in [0.05, 0.1) is 11.4 Å². The summed E-state index contributed by atoms with van der Waals surface area (Å²) in [7, 11) is 0. The van der Waals surface area contributed by atoms with Gasteiger partial charge in [0.1, 0.15) is 11.2 Å². The summed E-state index contributed by atoms with van der Waals surface area (Å²) in [6.45, 7) is 1.63. The number of urea groups is 1. The van der Waals surface area contributed by atoms with Gasteiger partial charge in [-0.2, -0.15) is 5.10 Å². The van der Waals surface area contributed by atoms with E-state index in [0.717, 1.165) is 24.2 Å². The normalized spacial score (nSPS) is 20.3. The molecule has 1 aromatic heterocycles. The Balaban J connectivity index is 1.45. The molecule has 8 nitrogen and oxygen atoms in total. The van der Waals surface area contributed by atoms with Crippen LogP contribution in [0.5, 0.6) is 0 Å². The second-order valence-corrected chi connectivity index (χ2v) is 8.04. The van der Waals surface area contributed by atoms with E-state index in [2.05, 4.69) is 21.0 Å². The number of carbonyl (C=O) groups is 3. The molecule has 1 unspecified atom stereocenters. The molecule has 1 aliphatic carbocycles. The van der Waals surface area contributed by atoms with E-state index in [4.69, 9.17) is 0 Å². The molecule has 5 rings (SSSR count). The summed E-state index contributed by atoms with van der Waals surface area (Å²) in [5, 5.41) is 12.5. The SMILES string of the molecule is CC1(c2cccc(NC(=O)c3cc(C4CC4)nn3-c3ccccc3)c2)NC(=O)NC1=O. The number of aromatic nitrogens is 2. The van der Waals surface area contributed by atoms with E-state index in [1.165, 1.54) is 0 Å². The van der Waals surface area contributed by atoms with Gasteiger partial charge in [-0.3, -0.25) is 14.9 Å². The Morgan fingerprint density at radius 2 is 1.87 bits per heavy atom. The third kappa shape index (κ3) is 3.46. The van der Waals surface area contributed by atoms with E-state index < -0.39 is 17.5 Å². The minimum atomic E-state index is -1.19. The minimum Gasteiger partial charge on any atom is -0.321 e. The molecule has 1 saturated carbocycles. The van der Waals surface area contributed by atoms with Crippen LogP contribution in [0.2, 0.25) is 0 Å². The Hall–Kier alpha value is -3.94. The summed E-state index contributed by atoms with van der Waals surface area (Å²) in [4.78, 5) is 37.0. The zero-order valence-electron chi connectivity index (χ0n) is 16.9. The standard InChI is InChI=1S/C23H21N5O3/c1-23(21(30)25-22(31)26-23)15-6-5-7-16(12-15)24-20(29)19-13-18(14-10-11-14)27-28(19)17-8-3-2-4-9-17/h2-9,12-14H,10-11H2,1H3,(H,24,29)(H2,25,26,30,31). The van der Waals surface area contributed by atoms with Crippen molar-refractivity contribution in [1.29, 1.82) is 0 Å². The molecule has 0 spiro atoms. The summed E-state index contributed by atoms with van der Waals surface area (Å²) in [5.41, 5.74) is 2.07. The van der Waals surface area contributed by atoms with Gasteiger partial charge in [0.15, 0.2) is 0 Å². The highest BCUT2D eigenvalue weighted by Gasteiger charge is 2.43. The topological polar surface area (TPSA) is 105 Å². The quantitative estimate of drug-likeness (QED) is 0.557. The largest absolute Gasteiger partial charge is 0.322 e. The van der Waals surface area contributed by atoms with Crippen molar-refractivity contribution in [2.24, 2.45) is 0 Å². The molecule has 3 aromatic rings. The smallest absolute Gasteiger partial charge is 0.321 e. The van der Waals surface area contributed by atoms with Gasteiger partial charge < -0.3 is 10.6 Å². The molecular weight excluding hydrogens is 394 g/mol. The molecule has 3 N–H and O–H groups in total. The molecule has 0 bridgehead atoms. The van der Waals surface area contributed by atoms with Crippen molar-refractivity contribution in [3.63, 3.8) is 0 Å². The predicted octanol–water partition coefficient (Wildman–Crippen LogP) is 3.06. The number of para-hydroxylation sites is 1. The lowest BCUT2D eigenvalue weighted by atomic mass is 9.92. The zero-order chi connectivity index (χ0) is 21.6. The number of carbonyl (C=O) groups excluding carboxylic acids is 3. The molecular formula is C23H21N5O3. The van der Waals surface area contributed by atoms with Crippen LogP contribution in [0.1, 0.15) is 47.4 Å². The zero-order valence-corrected chi connectivity index (χ0v) is 16.9. The van der Waals surface area contributed by atoms with Crippen LogP contribution in [0.15, 0.2) is 60.7 Å². The van der Waals surface area contributed by atoms with Gasteiger partial charge in [-0.15, -0.1) is 0 Å². The summed E-state index contributed by atoms with van der Waals surface area (Å²) in [6, 6.07) is 17.7. The maximum atomic E-state index is 13.2. The van der Waals surface area contributed by atoms with E-state index in [1.54, 1.807) is 35.9 Å². The van der Waals surface area contributed by atoms with Gasteiger partial charge in [0, 0.05) is 11.6 Å². The van der Waals surface area contributed by atoms with Crippen molar-refractivity contribution in [3.05, 3.63) is 77.6 Å². The number of anilines is 1. The van der Waals surface area contributed by atoms with Crippen LogP contribution in [0.4, 0.5) is 10.5 Å². The average molecular weight is 415 g/mol. The average Bonchev–Trinajstić information content (AvgIpc) is 3.45. The van der Waals surface area contributed by atoms with Gasteiger partial charge in [-0.25, -0.2) is 9.48 Å². The third-order valence-corrected chi connectivity index (χ3v) is 5.70. The van der Waals surface area contributed by atoms with Gasteiger partial charge in [0.25, 0.3) is 11.8 Å². The van der Waals surface area contributed by atoms with E-state index in [9.17, 15) is 14.4 Å². The first-order valence-corrected chi connectivity index (χ1v) is 10.1. The lowest BCUT2D eigenvalue weighted by molar-refractivity contribution is -0.123. The fourth-order valence-electron chi connectivity index (χ4n) is 3.76. The van der Waals surface area contributed by atoms with Crippen molar-refractivity contribution >= 4 is 23.5 Å². The molecule has 2 heterocycles. The molecule has 1 aliphatic heterocycles. The molecule has 1 atom stereocenters. The van der Waals surface area contributed by atoms with Crippen LogP contribution in [-0.2, 0) is 10.3 Å². The highest BCUT2D eigenvalue weighted by Crippen LogP contribution is 2.39. The van der Waals surface area contributed by atoms with Crippen LogP contribution >= 0.6 is 0 Å². The van der Waals surface area contributed by atoms with Crippen molar-refractivity contribution in [2.45, 2.75) is 31.2 Å². The van der Waals surface area contributed by atoms with E-state index in [-0.39, 0.29) is 5.91 Å². The van der Waals surface area contributed by atoms with Crippen molar-refractivity contribution in [2.75, 3.05) is 5.32 Å². The number of hydrogen-bond acceptors (Lipinski definition) is 4. The Labute approximate surface area is 178 Å². The van der Waals surface area contributed by atoms with E-state index in [0.29, 0.717) is 22.9 Å². The van der Waals surface area contributed by atoms with E-state index >= 15 is 0 Å². The second-order valence-electron chi connectivity index (χ2n) is 8.04. The molecule has 0 radical (unpaired) electrons. The molecule has 31 heavy (non-hydrogen) atoms. The van der Waals surface area contributed by atoms with Crippen molar-refractivity contribution in [3.8, 4) is 5.69 Å². The van der Waals surface area contributed by atoms with Crippen molar-refractivity contribution < 1.29 is 14.4 Å². The van der Waals surface area contributed by atoms with Gasteiger partial charge in [-0.05, 0) is 55.7 Å². The summed E-state index contributed by atoms with van der Waals surface area (Å²) < 4.78 is 1.67. The number of amides is 4. The van der Waals surface area contributed by atoms with Crippen LogP contribution in [0.25, 0.3) is 5.69 Å². The summed E-state index contributed by atoms with van der Waals surface area (Å²) in [6.07, 6.45) is 2.17. The fraction of sp³-hybridized carbons (Fsp3) is 0.217. The maximum absolute atomic E-state index is 13.2. The number of benzene rings is 2. The molecule has 2 aromatic carbocycles. The maximum Gasteiger partial charge on any atom is 0.322 e. The first kappa shape index (κ1) is 19.0. The van der Waals surface area contributed by atoms with Gasteiger partial charge in [-0.1, -0.05) is 30.3 Å². The Bertz CT molecular complexity index is 1200. The predicted molar refractivity (Wildman–Crippen MR) is 114 cm³/mol. The molecule has 8 heteroatoms. The molecule has 4 amide bonds. The monoisotopic (exact) mass is 415 g/mol. The number of imide groups is 1. The minimum absolute atomic E-state index is 0.300. The Morgan fingerprint density at radius 3 is 2.55 bits per heavy atom. The molecule has 1 saturated heterocycles. The highest BCUT2D eigenvalue weighted by molar-refractivity contribution is 6.07. The third-order valence-electron chi connectivity index (χ3n) is 5.70.